The number of benzene rings is 2. The van der Waals surface area contributed by atoms with Crippen LogP contribution >= 0.6 is 23.2 Å². The predicted octanol–water partition coefficient (Wildman–Crippen LogP) is 4.08. The molecule has 0 aromatic heterocycles. The molecular weight excluding hydrogens is 300 g/mol. The van der Waals surface area contributed by atoms with Gasteiger partial charge in [-0.15, -0.1) is 0 Å². The van der Waals surface area contributed by atoms with Crippen molar-refractivity contribution in [2.75, 3.05) is 6.61 Å². The summed E-state index contributed by atoms with van der Waals surface area (Å²) in [4.78, 5) is 0. The highest BCUT2D eigenvalue weighted by Crippen LogP contribution is 2.20. The van der Waals surface area contributed by atoms with E-state index in [1.807, 2.05) is 0 Å². The first kappa shape index (κ1) is 15.1. The van der Waals surface area contributed by atoms with Crippen molar-refractivity contribution < 1.29 is 9.13 Å². The van der Waals surface area contributed by atoms with Crippen LogP contribution in [-0.4, -0.2) is 12.6 Å². The molecule has 0 aliphatic heterocycles. The molecule has 2 rings (SSSR count). The third kappa shape index (κ3) is 4.10. The van der Waals surface area contributed by atoms with Crippen molar-refractivity contribution in [3.63, 3.8) is 0 Å². The SMILES string of the molecule is NC(COc1cccc(Cl)c1)Cc1cccc(Cl)c1F. The molecule has 0 bridgehead atoms. The van der Waals surface area contributed by atoms with E-state index in [-0.39, 0.29) is 17.7 Å². The van der Waals surface area contributed by atoms with Gasteiger partial charge in [-0.25, -0.2) is 4.39 Å². The van der Waals surface area contributed by atoms with Gasteiger partial charge in [0.05, 0.1) is 5.02 Å². The molecule has 2 aromatic carbocycles. The summed E-state index contributed by atoms with van der Waals surface area (Å²) >= 11 is 11.6. The van der Waals surface area contributed by atoms with E-state index in [1.54, 1.807) is 36.4 Å². The molecule has 0 amide bonds. The largest absolute Gasteiger partial charge is 0.492 e. The Balaban J connectivity index is 1.92. The van der Waals surface area contributed by atoms with Crippen LogP contribution in [0.4, 0.5) is 4.39 Å². The lowest BCUT2D eigenvalue weighted by molar-refractivity contribution is 0.287. The fraction of sp³-hybridized carbons (Fsp3) is 0.200. The van der Waals surface area contributed by atoms with Gasteiger partial charge in [-0.05, 0) is 36.2 Å². The highest BCUT2D eigenvalue weighted by molar-refractivity contribution is 6.31. The van der Waals surface area contributed by atoms with Gasteiger partial charge in [-0.2, -0.15) is 0 Å². The summed E-state index contributed by atoms with van der Waals surface area (Å²) in [5.41, 5.74) is 6.43. The van der Waals surface area contributed by atoms with Crippen molar-refractivity contribution >= 4 is 23.2 Å². The summed E-state index contributed by atoms with van der Waals surface area (Å²) in [5.74, 6) is 0.215. The zero-order chi connectivity index (χ0) is 14.5. The van der Waals surface area contributed by atoms with E-state index in [0.29, 0.717) is 22.8 Å². The Morgan fingerprint density at radius 2 is 1.90 bits per heavy atom. The fourth-order valence-electron chi connectivity index (χ4n) is 1.81. The maximum absolute atomic E-state index is 13.7. The monoisotopic (exact) mass is 313 g/mol. The lowest BCUT2D eigenvalue weighted by Crippen LogP contribution is -2.30. The third-order valence-electron chi connectivity index (χ3n) is 2.77. The number of ether oxygens (including phenoxy) is 1. The first-order valence-corrected chi connectivity index (χ1v) is 6.88. The van der Waals surface area contributed by atoms with E-state index in [9.17, 15) is 4.39 Å². The van der Waals surface area contributed by atoms with Gasteiger partial charge in [0.1, 0.15) is 18.2 Å². The second kappa shape index (κ2) is 6.93. The molecule has 2 nitrogen and oxygen atoms in total. The summed E-state index contributed by atoms with van der Waals surface area (Å²) < 4.78 is 19.3. The van der Waals surface area contributed by atoms with Crippen LogP contribution < -0.4 is 10.5 Å². The summed E-state index contributed by atoms with van der Waals surface area (Å²) in [6, 6.07) is 11.6. The van der Waals surface area contributed by atoms with Crippen LogP contribution in [0.15, 0.2) is 42.5 Å². The lowest BCUT2D eigenvalue weighted by Gasteiger charge is -2.14. The van der Waals surface area contributed by atoms with Crippen molar-refractivity contribution in [3.05, 3.63) is 63.9 Å². The van der Waals surface area contributed by atoms with Crippen molar-refractivity contribution in [2.45, 2.75) is 12.5 Å². The van der Waals surface area contributed by atoms with Gasteiger partial charge < -0.3 is 10.5 Å². The van der Waals surface area contributed by atoms with E-state index in [2.05, 4.69) is 0 Å². The number of hydrogen-bond donors (Lipinski definition) is 1. The second-order valence-electron chi connectivity index (χ2n) is 4.45. The van der Waals surface area contributed by atoms with Gasteiger partial charge in [0.25, 0.3) is 0 Å². The van der Waals surface area contributed by atoms with Crippen molar-refractivity contribution in [1.82, 2.24) is 0 Å². The van der Waals surface area contributed by atoms with Crippen LogP contribution in [0, 0.1) is 5.82 Å². The van der Waals surface area contributed by atoms with Crippen LogP contribution in [0.1, 0.15) is 5.56 Å². The van der Waals surface area contributed by atoms with Crippen molar-refractivity contribution in [2.24, 2.45) is 5.73 Å². The van der Waals surface area contributed by atoms with E-state index >= 15 is 0 Å². The summed E-state index contributed by atoms with van der Waals surface area (Å²) in [6.07, 6.45) is 0.354. The minimum Gasteiger partial charge on any atom is -0.492 e. The molecule has 0 saturated heterocycles. The van der Waals surface area contributed by atoms with Gasteiger partial charge in [0.15, 0.2) is 0 Å². The summed E-state index contributed by atoms with van der Waals surface area (Å²) in [7, 11) is 0. The van der Waals surface area contributed by atoms with Crippen molar-refractivity contribution in [3.8, 4) is 5.75 Å². The van der Waals surface area contributed by atoms with Crippen LogP contribution in [-0.2, 0) is 6.42 Å². The molecule has 0 radical (unpaired) electrons. The van der Waals surface area contributed by atoms with Crippen molar-refractivity contribution in [1.29, 1.82) is 0 Å². The maximum atomic E-state index is 13.7. The molecule has 1 unspecified atom stereocenters. The first-order valence-electron chi connectivity index (χ1n) is 6.13. The Morgan fingerprint density at radius 1 is 1.15 bits per heavy atom. The minimum absolute atomic E-state index is 0.102. The molecule has 0 saturated carbocycles. The Labute approximate surface area is 127 Å². The zero-order valence-corrected chi connectivity index (χ0v) is 12.2. The van der Waals surface area contributed by atoms with Crippen LogP contribution in [0.5, 0.6) is 5.75 Å². The van der Waals surface area contributed by atoms with E-state index in [0.717, 1.165) is 0 Å². The Bertz CT molecular complexity index is 592. The van der Waals surface area contributed by atoms with E-state index < -0.39 is 5.82 Å². The topological polar surface area (TPSA) is 35.2 Å². The highest BCUT2D eigenvalue weighted by Gasteiger charge is 2.11. The van der Waals surface area contributed by atoms with Gasteiger partial charge in [-0.1, -0.05) is 41.4 Å². The average Bonchev–Trinajstić information content (AvgIpc) is 2.42. The predicted molar refractivity (Wildman–Crippen MR) is 80.0 cm³/mol. The molecule has 106 valence electrons. The molecule has 5 heteroatoms. The van der Waals surface area contributed by atoms with Crippen LogP contribution in [0.3, 0.4) is 0 Å². The molecular formula is C15H14Cl2FNO. The summed E-state index contributed by atoms with van der Waals surface area (Å²) in [6.45, 7) is 0.270. The number of halogens is 3. The first-order chi connectivity index (χ1) is 9.56. The van der Waals surface area contributed by atoms with Crippen LogP contribution in [0.2, 0.25) is 10.0 Å². The Morgan fingerprint density at radius 3 is 2.65 bits per heavy atom. The normalized spacial score (nSPS) is 12.2. The molecule has 2 aromatic rings. The van der Waals surface area contributed by atoms with Gasteiger partial charge in [-0.3, -0.25) is 0 Å². The molecule has 0 fully saturated rings. The third-order valence-corrected chi connectivity index (χ3v) is 3.30. The smallest absolute Gasteiger partial charge is 0.145 e. The molecule has 1 atom stereocenters. The van der Waals surface area contributed by atoms with Gasteiger partial charge in [0, 0.05) is 11.1 Å². The fourth-order valence-corrected chi connectivity index (χ4v) is 2.18. The second-order valence-corrected chi connectivity index (χ2v) is 5.29. The number of rotatable bonds is 5. The van der Waals surface area contributed by atoms with E-state index in [1.165, 1.54) is 6.07 Å². The standard InChI is InChI=1S/C15H14Cl2FNO/c16-11-4-2-5-13(8-11)20-9-12(19)7-10-3-1-6-14(17)15(10)18/h1-6,8,12H,7,9,19H2. The van der Waals surface area contributed by atoms with Gasteiger partial charge in [0.2, 0.25) is 0 Å². The van der Waals surface area contributed by atoms with Crippen LogP contribution in [0.25, 0.3) is 0 Å². The molecule has 2 N–H and O–H groups in total. The average molecular weight is 314 g/mol. The summed E-state index contributed by atoms with van der Waals surface area (Å²) in [5, 5.41) is 0.697. The molecule has 0 heterocycles. The zero-order valence-electron chi connectivity index (χ0n) is 10.7. The highest BCUT2D eigenvalue weighted by atomic mass is 35.5. The van der Waals surface area contributed by atoms with E-state index in [4.69, 9.17) is 33.7 Å². The minimum atomic E-state index is -0.424. The quantitative estimate of drug-likeness (QED) is 0.902. The number of nitrogens with two attached hydrogens (primary N) is 1. The lowest BCUT2D eigenvalue weighted by atomic mass is 10.1. The maximum Gasteiger partial charge on any atom is 0.145 e. The van der Waals surface area contributed by atoms with Gasteiger partial charge >= 0.3 is 0 Å². The Hall–Kier alpha value is -1.29. The number of hydrogen-bond acceptors (Lipinski definition) is 2. The molecule has 0 spiro atoms. The molecule has 0 aliphatic rings. The molecule has 20 heavy (non-hydrogen) atoms. The molecule has 0 aliphatic carbocycles. The Kier molecular flexibility index (Phi) is 5.24.